The van der Waals surface area contributed by atoms with E-state index in [1.165, 1.54) is 16.7 Å². The van der Waals surface area contributed by atoms with E-state index >= 15 is 0 Å². The molecule has 0 spiro atoms. The number of nitrogens with zero attached hydrogens (tertiary/aromatic N) is 4. The largest absolute Gasteiger partial charge is 2.00 e. The first kappa shape index (κ1) is 43.8. The van der Waals surface area contributed by atoms with Crippen molar-refractivity contribution in [3.63, 3.8) is 0 Å². The molecular weight excluding hydrogens is 1050 g/mol. The SMILES string of the molecule is [2H]C([2H])([2H])c1cc(-n2c3[c-]c(Oc4[c-]c([N+]5=C=[N+](c6cc(C(C)(C)C)cc(C(C)(C)C)c6)c6c(-c7cccc(C(C)(C)C)c7)cccc65)ccc4)ccc3c3ccccc32)ncc1-c1cccc2ccccc12.[Pt+2]. The smallest absolute Gasteiger partial charge is 0.509 e. The van der Waals surface area contributed by atoms with Crippen LogP contribution in [0, 0.1) is 19.0 Å². The van der Waals surface area contributed by atoms with Crippen LogP contribution >= 0.6 is 0 Å². The fourth-order valence-electron chi connectivity index (χ4n) is 9.67. The third kappa shape index (κ3) is 8.77. The van der Waals surface area contributed by atoms with Crippen LogP contribution in [0.3, 0.4) is 0 Å². The molecule has 11 rings (SSSR count). The second-order valence-corrected chi connectivity index (χ2v) is 21.6. The van der Waals surface area contributed by atoms with Gasteiger partial charge in [-0.3, -0.25) is 0 Å². The third-order valence-corrected chi connectivity index (χ3v) is 13.6. The number of rotatable bonds is 7. The number of hydrogen-bond donors (Lipinski definition) is 0. The Bertz CT molecular complexity index is 3900. The first-order chi connectivity index (χ1) is 34.7. The maximum atomic E-state index is 8.75. The van der Waals surface area contributed by atoms with E-state index in [0.717, 1.165) is 66.5 Å². The monoisotopic (exact) mass is 1110 g/mol. The molecule has 8 aromatic carbocycles. The van der Waals surface area contributed by atoms with E-state index in [2.05, 4.69) is 156 Å². The summed E-state index contributed by atoms with van der Waals surface area (Å²) in [7, 11) is 0. The number of aromatic nitrogens is 2. The van der Waals surface area contributed by atoms with Crippen molar-refractivity contribution in [3.8, 4) is 39.6 Å². The molecule has 5 nitrogen and oxygen atoms in total. The van der Waals surface area contributed by atoms with Crippen LogP contribution in [-0.2, 0) is 37.3 Å². The molecule has 0 fully saturated rings. The standard InChI is InChI=1S/C65H58N4O.Pt/c1-42-33-61(66-40-57(42)54-28-16-20-43-19-11-12-25-52(43)54)69-58-29-14-13-26-55(58)56-32-31-51(39-60(56)69)70-50-24-17-23-48(38-50)67-41-68(49-36-46(64(5,6)7)35-47(37-49)65(8,9)10)62-53(27-18-30-59(62)67)44-21-15-22-45(34-44)63(2,3)4;/h11-37,40H,1-10H3;/q;+2/i1D3;. The molecule has 0 N–H and O–H groups in total. The Morgan fingerprint density at radius 2 is 1.23 bits per heavy atom. The number of fused-ring (bicyclic) bond motifs is 5. The quantitative estimate of drug-likeness (QED) is 0.118. The second kappa shape index (κ2) is 17.9. The van der Waals surface area contributed by atoms with Crippen molar-refractivity contribution in [2.45, 2.75) is 85.4 Å². The Hall–Kier alpha value is -7.16. The van der Waals surface area contributed by atoms with E-state index in [0.29, 0.717) is 28.4 Å². The average molecular weight is 1110 g/mol. The van der Waals surface area contributed by atoms with Gasteiger partial charge in [-0.2, -0.15) is 12.1 Å². The van der Waals surface area contributed by atoms with Gasteiger partial charge in [-0.25, -0.2) is 4.98 Å². The Labute approximate surface area is 436 Å². The maximum absolute atomic E-state index is 8.75. The summed E-state index contributed by atoms with van der Waals surface area (Å²) in [5.41, 5.74) is 12.8. The van der Waals surface area contributed by atoms with Crippen molar-refractivity contribution >= 4 is 61.3 Å². The summed E-state index contributed by atoms with van der Waals surface area (Å²) in [6.45, 7) is 18.0. The molecule has 71 heavy (non-hydrogen) atoms. The van der Waals surface area contributed by atoms with Gasteiger partial charge in [0.25, 0.3) is 5.69 Å². The van der Waals surface area contributed by atoms with Gasteiger partial charge in [0.05, 0.1) is 5.56 Å². The van der Waals surface area contributed by atoms with Crippen molar-refractivity contribution in [2.24, 2.45) is 0 Å². The van der Waals surface area contributed by atoms with E-state index in [9.17, 15) is 0 Å². The Balaban J connectivity index is 0.00000626. The Morgan fingerprint density at radius 1 is 0.563 bits per heavy atom. The number of para-hydroxylation sites is 2. The first-order valence-corrected chi connectivity index (χ1v) is 24.1. The zero-order valence-corrected chi connectivity index (χ0v) is 44.0. The van der Waals surface area contributed by atoms with E-state index in [1.807, 2.05) is 95.6 Å². The fraction of sp³-hybridized carbons (Fsp3) is 0.200. The predicted molar refractivity (Wildman–Crippen MR) is 293 cm³/mol. The molecule has 0 atom stereocenters. The third-order valence-electron chi connectivity index (χ3n) is 13.6. The van der Waals surface area contributed by atoms with Crippen LogP contribution in [0.1, 0.15) is 88.7 Å². The van der Waals surface area contributed by atoms with Gasteiger partial charge in [-0.15, -0.1) is 23.6 Å². The minimum atomic E-state index is -2.42. The molecule has 2 aromatic heterocycles. The van der Waals surface area contributed by atoms with Gasteiger partial charge in [-0.1, -0.05) is 182 Å². The number of benzene rings is 8. The van der Waals surface area contributed by atoms with Crippen LogP contribution in [0.4, 0.5) is 22.7 Å². The molecule has 0 radical (unpaired) electrons. The zero-order chi connectivity index (χ0) is 51.2. The minimum absolute atomic E-state index is 0. The molecule has 0 aliphatic carbocycles. The molecule has 1 aliphatic rings. The van der Waals surface area contributed by atoms with Crippen molar-refractivity contribution < 1.29 is 29.9 Å². The van der Waals surface area contributed by atoms with E-state index in [4.69, 9.17) is 13.8 Å². The Kier molecular flexibility index (Phi) is 11.1. The molecular formula is C65H58N4OPt+2. The fourth-order valence-corrected chi connectivity index (χ4v) is 9.67. The number of pyridine rings is 1. The van der Waals surface area contributed by atoms with Gasteiger partial charge in [0.2, 0.25) is 5.69 Å². The maximum Gasteiger partial charge on any atom is 2.00 e. The van der Waals surface area contributed by atoms with Gasteiger partial charge in [-0.05, 0) is 95.4 Å². The van der Waals surface area contributed by atoms with E-state index in [1.54, 1.807) is 12.3 Å². The Morgan fingerprint density at radius 3 is 1.99 bits per heavy atom. The average Bonchev–Trinajstić information content (AvgIpc) is 3.91. The molecule has 0 bridgehead atoms. The van der Waals surface area contributed by atoms with Gasteiger partial charge in [0.15, 0.2) is 0 Å². The minimum Gasteiger partial charge on any atom is -0.509 e. The van der Waals surface area contributed by atoms with E-state index < -0.39 is 6.85 Å². The summed E-state index contributed by atoms with van der Waals surface area (Å²) in [6.07, 6.45) is 1.70. The zero-order valence-electron chi connectivity index (χ0n) is 44.7. The number of aryl methyl sites for hydroxylation is 1. The summed E-state index contributed by atoms with van der Waals surface area (Å²) in [5, 5.41) is 3.91. The van der Waals surface area contributed by atoms with Gasteiger partial charge < -0.3 is 9.30 Å². The molecule has 352 valence electrons. The molecule has 0 amide bonds. The van der Waals surface area contributed by atoms with Crippen molar-refractivity contribution in [2.75, 3.05) is 0 Å². The molecule has 6 heteroatoms. The predicted octanol–water partition coefficient (Wildman–Crippen LogP) is 17.1. The van der Waals surface area contributed by atoms with Gasteiger partial charge >= 0.3 is 32.8 Å². The van der Waals surface area contributed by atoms with Crippen molar-refractivity contribution in [1.82, 2.24) is 18.7 Å². The molecule has 0 saturated heterocycles. The van der Waals surface area contributed by atoms with Crippen LogP contribution in [0.15, 0.2) is 170 Å². The van der Waals surface area contributed by atoms with Crippen LogP contribution in [0.5, 0.6) is 11.5 Å². The van der Waals surface area contributed by atoms with Crippen molar-refractivity contribution in [3.05, 3.63) is 204 Å². The van der Waals surface area contributed by atoms with Crippen LogP contribution in [0.2, 0.25) is 0 Å². The molecule has 1 aliphatic heterocycles. The first-order valence-electron chi connectivity index (χ1n) is 25.6. The van der Waals surface area contributed by atoms with Gasteiger partial charge in [0, 0.05) is 51.1 Å². The van der Waals surface area contributed by atoms with E-state index in [-0.39, 0.29) is 42.9 Å². The van der Waals surface area contributed by atoms with Crippen LogP contribution < -0.4 is 13.9 Å². The second-order valence-electron chi connectivity index (χ2n) is 21.6. The summed E-state index contributed by atoms with van der Waals surface area (Å²) in [5.74, 6) is 1.44. The summed E-state index contributed by atoms with van der Waals surface area (Å²) in [4.78, 5) is 5.00. The summed E-state index contributed by atoms with van der Waals surface area (Å²) in [6, 6.07) is 67.0. The normalized spacial score (nSPS) is 13.6. The summed E-state index contributed by atoms with van der Waals surface area (Å²) < 4.78 is 39.2. The van der Waals surface area contributed by atoms with Crippen LogP contribution in [0.25, 0.3) is 60.6 Å². The number of hydrogen-bond acceptors (Lipinski definition) is 2. The number of ether oxygens (including phenoxy) is 1. The van der Waals surface area contributed by atoms with Crippen molar-refractivity contribution in [1.29, 1.82) is 0 Å². The summed E-state index contributed by atoms with van der Waals surface area (Å²) >= 11 is 0. The van der Waals surface area contributed by atoms with Gasteiger partial charge in [0.1, 0.15) is 11.5 Å². The molecule has 0 saturated carbocycles. The topological polar surface area (TPSA) is 33.1 Å². The van der Waals surface area contributed by atoms with Crippen LogP contribution in [-0.4, -0.2) is 15.6 Å². The molecule has 10 aromatic rings. The molecule has 0 unspecified atom stereocenters. The molecule has 3 heterocycles.